The molecule has 2 aromatic heterocycles. The number of esters is 1. The second kappa shape index (κ2) is 12.5. The minimum atomic E-state index is -0.621. The largest absolute Gasteiger partial charge is 0.462 e. The zero-order valence-electron chi connectivity index (χ0n) is 29.8. The predicted molar refractivity (Wildman–Crippen MR) is 205 cm³/mol. The molecule has 5 nitrogen and oxygen atoms in total. The zero-order valence-corrected chi connectivity index (χ0v) is 29.8. The topological polar surface area (TPSA) is 48.7 Å². The first-order valence-electron chi connectivity index (χ1n) is 18.2. The number of aromatic nitrogens is 2. The standard InChI is InChI=1S/C45H46N2O3/c1-6-37(44(5,7-2)43(48)49-28-45(8-3)29-50-45)32-21-19-31(20-22-32)27-46-38-17-13-12-16-34(38)35-24-25-39-41(42(35)46)36-23-18-30(4)26-40(36)47(39)33-14-10-9-11-15-33/h9-26,37H,6-8,27-29H2,1-5H3. The Balaban J connectivity index is 1.21. The first-order chi connectivity index (χ1) is 24.3. The van der Waals surface area contributed by atoms with Crippen molar-refractivity contribution < 1.29 is 14.3 Å². The van der Waals surface area contributed by atoms with Crippen LogP contribution in [0.5, 0.6) is 0 Å². The van der Waals surface area contributed by atoms with Crippen LogP contribution in [-0.4, -0.2) is 33.9 Å². The van der Waals surface area contributed by atoms with Crippen LogP contribution in [0.3, 0.4) is 0 Å². The number of para-hydroxylation sites is 2. The third-order valence-electron chi connectivity index (χ3n) is 11.6. The molecule has 0 amide bonds. The lowest BCUT2D eigenvalue weighted by molar-refractivity contribution is -0.158. The lowest BCUT2D eigenvalue weighted by Crippen LogP contribution is -2.37. The van der Waals surface area contributed by atoms with Gasteiger partial charge in [-0.25, -0.2) is 0 Å². The van der Waals surface area contributed by atoms with Crippen LogP contribution < -0.4 is 0 Å². The summed E-state index contributed by atoms with van der Waals surface area (Å²) >= 11 is 0. The molecule has 1 aliphatic rings. The Morgan fingerprint density at radius 3 is 2.26 bits per heavy atom. The fourth-order valence-electron chi connectivity index (χ4n) is 8.25. The summed E-state index contributed by atoms with van der Waals surface area (Å²) in [4.78, 5) is 13.6. The number of carbonyl (C=O) groups is 1. The number of benzene rings is 5. The fraction of sp³-hybridized carbons (Fsp3) is 0.311. The van der Waals surface area contributed by atoms with Crippen LogP contribution in [0.1, 0.15) is 69.6 Å². The number of rotatable bonds is 11. The first kappa shape index (κ1) is 32.3. The molecule has 7 aromatic rings. The van der Waals surface area contributed by atoms with E-state index in [1.54, 1.807) is 0 Å². The number of aryl methyl sites for hydroxylation is 1. The van der Waals surface area contributed by atoms with Crippen LogP contribution in [0, 0.1) is 12.3 Å². The summed E-state index contributed by atoms with van der Waals surface area (Å²) in [6, 6.07) is 39.9. The number of ether oxygens (including phenoxy) is 2. The number of hydrogen-bond donors (Lipinski definition) is 0. The van der Waals surface area contributed by atoms with Gasteiger partial charge in [0.25, 0.3) is 0 Å². The van der Waals surface area contributed by atoms with E-state index in [1.165, 1.54) is 60.3 Å². The van der Waals surface area contributed by atoms with E-state index in [0.29, 0.717) is 19.6 Å². The summed E-state index contributed by atoms with van der Waals surface area (Å²) in [5, 5.41) is 5.06. The summed E-state index contributed by atoms with van der Waals surface area (Å²) in [7, 11) is 0. The minimum Gasteiger partial charge on any atom is -0.462 e. The molecule has 1 fully saturated rings. The Kier molecular flexibility index (Phi) is 8.07. The van der Waals surface area contributed by atoms with E-state index in [-0.39, 0.29) is 17.5 Å². The Labute approximate surface area is 294 Å². The van der Waals surface area contributed by atoms with Gasteiger partial charge in [0.1, 0.15) is 12.2 Å². The van der Waals surface area contributed by atoms with Crippen molar-refractivity contribution in [2.75, 3.05) is 13.2 Å². The molecule has 1 saturated heterocycles. The van der Waals surface area contributed by atoms with Crippen LogP contribution in [0.25, 0.3) is 49.3 Å². The van der Waals surface area contributed by atoms with E-state index in [9.17, 15) is 4.79 Å². The molecular weight excluding hydrogens is 617 g/mol. The van der Waals surface area contributed by atoms with Gasteiger partial charge in [-0.3, -0.25) is 4.79 Å². The van der Waals surface area contributed by atoms with Crippen LogP contribution in [0.2, 0.25) is 0 Å². The molecule has 3 unspecified atom stereocenters. The highest BCUT2D eigenvalue weighted by Crippen LogP contribution is 2.44. The summed E-state index contributed by atoms with van der Waals surface area (Å²) in [5.41, 5.74) is 8.82. The van der Waals surface area contributed by atoms with Crippen molar-refractivity contribution in [1.29, 1.82) is 0 Å². The van der Waals surface area contributed by atoms with Crippen LogP contribution >= 0.6 is 0 Å². The number of hydrogen-bond acceptors (Lipinski definition) is 3. The molecular formula is C45H46N2O3. The molecule has 254 valence electrons. The van der Waals surface area contributed by atoms with Gasteiger partial charge < -0.3 is 18.6 Å². The second-order valence-corrected chi connectivity index (χ2v) is 14.5. The van der Waals surface area contributed by atoms with Gasteiger partial charge in [-0.1, -0.05) is 99.6 Å². The molecule has 5 heteroatoms. The molecule has 3 heterocycles. The van der Waals surface area contributed by atoms with Gasteiger partial charge in [-0.15, -0.1) is 0 Å². The van der Waals surface area contributed by atoms with Crippen molar-refractivity contribution in [1.82, 2.24) is 9.13 Å². The van der Waals surface area contributed by atoms with Crippen molar-refractivity contribution in [2.24, 2.45) is 5.41 Å². The molecule has 0 radical (unpaired) electrons. The first-order valence-corrected chi connectivity index (χ1v) is 18.2. The predicted octanol–water partition coefficient (Wildman–Crippen LogP) is 10.9. The molecule has 50 heavy (non-hydrogen) atoms. The van der Waals surface area contributed by atoms with Crippen LogP contribution in [0.15, 0.2) is 109 Å². The summed E-state index contributed by atoms with van der Waals surface area (Å²) in [5.74, 6) is -0.0782. The van der Waals surface area contributed by atoms with E-state index >= 15 is 0 Å². The van der Waals surface area contributed by atoms with E-state index in [0.717, 1.165) is 25.1 Å². The van der Waals surface area contributed by atoms with Gasteiger partial charge in [-0.2, -0.15) is 0 Å². The number of nitrogens with zero attached hydrogens (tertiary/aromatic N) is 2. The Hall–Kier alpha value is -4.87. The number of fused-ring (bicyclic) bond motifs is 7. The molecule has 5 aromatic carbocycles. The van der Waals surface area contributed by atoms with Gasteiger partial charge >= 0.3 is 5.97 Å². The van der Waals surface area contributed by atoms with Gasteiger partial charge in [0, 0.05) is 39.3 Å². The molecule has 0 spiro atoms. The van der Waals surface area contributed by atoms with Crippen LogP contribution in [-0.2, 0) is 20.8 Å². The molecule has 3 atom stereocenters. The maximum absolute atomic E-state index is 13.6. The molecule has 0 bridgehead atoms. The number of epoxide rings is 1. The molecule has 8 rings (SSSR count). The van der Waals surface area contributed by atoms with Crippen molar-refractivity contribution in [3.8, 4) is 5.69 Å². The quantitative estimate of drug-likeness (QED) is 0.102. The van der Waals surface area contributed by atoms with E-state index in [2.05, 4.69) is 153 Å². The van der Waals surface area contributed by atoms with Gasteiger partial charge in [0.05, 0.1) is 28.6 Å². The SMILES string of the molecule is CCC(c1ccc(Cn2c3ccccc3c3ccc4c(c5ccc(C)cc5n4-c4ccccc4)c32)cc1)C(C)(CC)C(=O)OCC1(CC)CO1. The summed E-state index contributed by atoms with van der Waals surface area (Å²) in [6.07, 6.45) is 2.41. The highest BCUT2D eigenvalue weighted by molar-refractivity contribution is 6.25. The minimum absolute atomic E-state index is 0.0483. The average Bonchev–Trinajstić information content (AvgIpc) is 3.78. The lowest BCUT2D eigenvalue weighted by atomic mass is 9.70. The van der Waals surface area contributed by atoms with Gasteiger partial charge in [-0.05, 0) is 86.1 Å². The van der Waals surface area contributed by atoms with E-state index < -0.39 is 5.41 Å². The van der Waals surface area contributed by atoms with E-state index in [4.69, 9.17) is 9.47 Å². The van der Waals surface area contributed by atoms with Crippen molar-refractivity contribution in [3.05, 3.63) is 126 Å². The molecule has 0 saturated carbocycles. The normalized spacial score (nSPS) is 17.8. The molecule has 0 N–H and O–H groups in total. The van der Waals surface area contributed by atoms with Gasteiger partial charge in [0.15, 0.2) is 0 Å². The van der Waals surface area contributed by atoms with Crippen molar-refractivity contribution in [3.63, 3.8) is 0 Å². The third kappa shape index (κ3) is 5.22. The Morgan fingerprint density at radius 1 is 0.840 bits per heavy atom. The molecule has 0 aliphatic carbocycles. The molecule has 1 aliphatic heterocycles. The lowest BCUT2D eigenvalue weighted by Gasteiger charge is -2.35. The maximum Gasteiger partial charge on any atom is 0.312 e. The summed E-state index contributed by atoms with van der Waals surface area (Å²) in [6.45, 7) is 12.3. The maximum atomic E-state index is 13.6. The Morgan fingerprint density at radius 2 is 1.56 bits per heavy atom. The third-order valence-corrected chi connectivity index (χ3v) is 11.6. The second-order valence-electron chi connectivity index (χ2n) is 14.5. The fourth-order valence-corrected chi connectivity index (χ4v) is 8.25. The highest BCUT2D eigenvalue weighted by Gasteiger charge is 2.47. The van der Waals surface area contributed by atoms with Crippen LogP contribution in [0.4, 0.5) is 0 Å². The van der Waals surface area contributed by atoms with E-state index in [1.807, 2.05) is 0 Å². The highest BCUT2D eigenvalue weighted by atomic mass is 16.6. The smallest absolute Gasteiger partial charge is 0.312 e. The van der Waals surface area contributed by atoms with Gasteiger partial charge in [0.2, 0.25) is 0 Å². The Bertz CT molecular complexity index is 2360. The average molecular weight is 663 g/mol. The van der Waals surface area contributed by atoms with Crippen molar-refractivity contribution >= 4 is 49.6 Å². The zero-order chi connectivity index (χ0) is 34.6. The monoisotopic (exact) mass is 662 g/mol. The van der Waals surface area contributed by atoms with Crippen molar-refractivity contribution in [2.45, 2.75) is 71.9 Å². The summed E-state index contributed by atoms with van der Waals surface area (Å²) < 4.78 is 16.5. The number of carbonyl (C=O) groups excluding carboxylic acids is 1.